The maximum atomic E-state index is 5.16. The van der Waals surface area contributed by atoms with Crippen molar-refractivity contribution in [3.05, 3.63) is 0 Å². The van der Waals surface area contributed by atoms with Crippen molar-refractivity contribution in [2.75, 3.05) is 33.8 Å². The van der Waals surface area contributed by atoms with Crippen LogP contribution in [0.3, 0.4) is 0 Å². The van der Waals surface area contributed by atoms with Crippen LogP contribution in [-0.2, 0) is 4.74 Å². The first-order valence-electron chi connectivity index (χ1n) is 4.67. The molecule has 0 aromatic carbocycles. The van der Waals surface area contributed by atoms with Gasteiger partial charge in [-0.3, -0.25) is 0 Å². The van der Waals surface area contributed by atoms with E-state index in [1.165, 1.54) is 19.5 Å². The molecular formula is C9H20N2O. The largest absolute Gasteiger partial charge is 0.380 e. The molecule has 72 valence electrons. The summed E-state index contributed by atoms with van der Waals surface area (Å²) in [4.78, 5) is 2.36. The van der Waals surface area contributed by atoms with Crippen molar-refractivity contribution in [3.8, 4) is 0 Å². The number of nitrogens with one attached hydrogen (secondary N) is 1. The molecule has 0 spiro atoms. The molecule has 1 N–H and O–H groups in total. The van der Waals surface area contributed by atoms with Gasteiger partial charge in [0.05, 0.1) is 6.10 Å². The average Bonchev–Trinajstić information content (AvgIpc) is 2.47. The van der Waals surface area contributed by atoms with E-state index in [9.17, 15) is 0 Å². The van der Waals surface area contributed by atoms with E-state index in [0.717, 1.165) is 6.54 Å². The lowest BCUT2D eigenvalue weighted by Gasteiger charge is -2.15. The molecule has 1 rings (SSSR count). The van der Waals surface area contributed by atoms with Crippen LogP contribution in [0, 0.1) is 0 Å². The zero-order chi connectivity index (χ0) is 8.97. The van der Waals surface area contributed by atoms with Crippen LogP contribution in [0.25, 0.3) is 0 Å². The molecule has 0 bridgehead atoms. The second-order valence-electron chi connectivity index (χ2n) is 3.70. The quantitative estimate of drug-likeness (QED) is 0.661. The smallest absolute Gasteiger partial charge is 0.0667 e. The molecule has 1 heterocycles. The molecule has 0 saturated carbocycles. The van der Waals surface area contributed by atoms with Crippen LogP contribution in [0.5, 0.6) is 0 Å². The third-order valence-corrected chi connectivity index (χ3v) is 2.49. The van der Waals surface area contributed by atoms with Crippen molar-refractivity contribution in [1.29, 1.82) is 0 Å². The highest BCUT2D eigenvalue weighted by molar-refractivity contribution is 4.79. The van der Waals surface area contributed by atoms with Gasteiger partial charge in [-0.15, -0.1) is 0 Å². The summed E-state index contributed by atoms with van der Waals surface area (Å²) in [7, 11) is 3.93. The molecule has 1 fully saturated rings. The van der Waals surface area contributed by atoms with Gasteiger partial charge in [-0.1, -0.05) is 0 Å². The fourth-order valence-electron chi connectivity index (χ4n) is 1.52. The first-order valence-corrected chi connectivity index (χ1v) is 4.67. The van der Waals surface area contributed by atoms with Gasteiger partial charge < -0.3 is 15.0 Å². The Bertz CT molecular complexity index is 130. The molecule has 0 aromatic heterocycles. The van der Waals surface area contributed by atoms with Crippen LogP contribution in [0.4, 0.5) is 0 Å². The van der Waals surface area contributed by atoms with E-state index >= 15 is 0 Å². The summed E-state index contributed by atoms with van der Waals surface area (Å²) >= 11 is 0. The Morgan fingerprint density at radius 2 is 2.42 bits per heavy atom. The lowest BCUT2D eigenvalue weighted by Crippen LogP contribution is -2.36. The van der Waals surface area contributed by atoms with Crippen molar-refractivity contribution < 1.29 is 4.74 Å². The maximum absolute atomic E-state index is 5.16. The number of hydrogen-bond donors (Lipinski definition) is 1. The van der Waals surface area contributed by atoms with Gasteiger partial charge >= 0.3 is 0 Å². The monoisotopic (exact) mass is 172 g/mol. The summed E-state index contributed by atoms with van der Waals surface area (Å²) in [6.07, 6.45) is 1.60. The number of nitrogens with zero attached hydrogens (tertiary/aromatic N) is 1. The Labute approximate surface area is 75.1 Å². The van der Waals surface area contributed by atoms with E-state index in [1.807, 2.05) is 0 Å². The van der Waals surface area contributed by atoms with Gasteiger partial charge in [-0.25, -0.2) is 0 Å². The van der Waals surface area contributed by atoms with Crippen LogP contribution in [-0.4, -0.2) is 50.8 Å². The van der Waals surface area contributed by atoms with E-state index in [-0.39, 0.29) is 0 Å². The minimum Gasteiger partial charge on any atom is -0.380 e. The molecule has 2 atom stereocenters. The topological polar surface area (TPSA) is 24.5 Å². The SMILES string of the molecule is CO[C@@H](C)CN[C@@H]1CCN(C)C1. The standard InChI is InChI=1S/C9H20N2O/c1-8(12-3)6-10-9-4-5-11(2)7-9/h8-10H,4-7H2,1-3H3/t8-,9+/m0/s1. The molecule has 1 aliphatic rings. The summed E-state index contributed by atoms with van der Waals surface area (Å²) < 4.78 is 5.16. The lowest BCUT2D eigenvalue weighted by molar-refractivity contribution is 0.114. The Kier molecular flexibility index (Phi) is 3.98. The molecule has 1 saturated heterocycles. The third kappa shape index (κ3) is 3.09. The number of ether oxygens (including phenoxy) is 1. The Morgan fingerprint density at radius 1 is 1.67 bits per heavy atom. The molecule has 12 heavy (non-hydrogen) atoms. The highest BCUT2D eigenvalue weighted by Gasteiger charge is 2.18. The van der Waals surface area contributed by atoms with Gasteiger partial charge in [-0.2, -0.15) is 0 Å². The van der Waals surface area contributed by atoms with Crippen molar-refractivity contribution in [2.45, 2.75) is 25.5 Å². The van der Waals surface area contributed by atoms with Gasteiger partial charge in [0.1, 0.15) is 0 Å². The number of methoxy groups -OCH3 is 1. The number of rotatable bonds is 4. The fourth-order valence-corrected chi connectivity index (χ4v) is 1.52. The summed E-state index contributed by atoms with van der Waals surface area (Å²) in [6, 6.07) is 0.674. The minimum atomic E-state index is 0.330. The van der Waals surface area contributed by atoms with E-state index < -0.39 is 0 Å². The molecule has 0 aliphatic carbocycles. The van der Waals surface area contributed by atoms with Crippen LogP contribution in [0.2, 0.25) is 0 Å². The highest BCUT2D eigenvalue weighted by atomic mass is 16.5. The molecule has 3 nitrogen and oxygen atoms in total. The fraction of sp³-hybridized carbons (Fsp3) is 1.00. The summed E-state index contributed by atoms with van der Waals surface area (Å²) in [6.45, 7) is 5.45. The Hall–Kier alpha value is -0.120. The molecular weight excluding hydrogens is 152 g/mol. The van der Waals surface area contributed by atoms with Gasteiger partial charge in [0.25, 0.3) is 0 Å². The van der Waals surface area contributed by atoms with Gasteiger partial charge in [-0.05, 0) is 26.9 Å². The number of likely N-dealkylation sites (tertiary alicyclic amines) is 1. The molecule has 3 heteroatoms. The highest BCUT2D eigenvalue weighted by Crippen LogP contribution is 2.05. The molecule has 0 radical (unpaired) electrons. The van der Waals surface area contributed by atoms with Crippen molar-refractivity contribution in [1.82, 2.24) is 10.2 Å². The predicted molar refractivity (Wildman–Crippen MR) is 50.4 cm³/mol. The molecule has 0 unspecified atom stereocenters. The van der Waals surface area contributed by atoms with Crippen LogP contribution >= 0.6 is 0 Å². The Morgan fingerprint density at radius 3 is 2.92 bits per heavy atom. The van der Waals surface area contributed by atoms with Gasteiger partial charge in [0.2, 0.25) is 0 Å². The molecule has 1 aliphatic heterocycles. The predicted octanol–water partition coefficient (Wildman–Crippen LogP) is 0.315. The van der Waals surface area contributed by atoms with Crippen LogP contribution in [0.15, 0.2) is 0 Å². The second-order valence-corrected chi connectivity index (χ2v) is 3.70. The van der Waals surface area contributed by atoms with Crippen molar-refractivity contribution in [2.24, 2.45) is 0 Å². The van der Waals surface area contributed by atoms with E-state index in [4.69, 9.17) is 4.74 Å². The average molecular weight is 172 g/mol. The van der Waals surface area contributed by atoms with Crippen molar-refractivity contribution >= 4 is 0 Å². The molecule has 0 aromatic rings. The number of hydrogen-bond acceptors (Lipinski definition) is 3. The number of likely N-dealkylation sites (N-methyl/N-ethyl adjacent to an activating group) is 1. The van der Waals surface area contributed by atoms with Crippen LogP contribution < -0.4 is 5.32 Å². The second kappa shape index (κ2) is 4.80. The lowest BCUT2D eigenvalue weighted by atomic mass is 10.2. The van der Waals surface area contributed by atoms with E-state index in [1.54, 1.807) is 7.11 Å². The maximum Gasteiger partial charge on any atom is 0.0667 e. The normalized spacial score (nSPS) is 27.8. The minimum absolute atomic E-state index is 0.330. The first-order chi connectivity index (χ1) is 5.72. The van der Waals surface area contributed by atoms with Gasteiger partial charge in [0, 0.05) is 26.2 Å². The molecule has 0 amide bonds. The third-order valence-electron chi connectivity index (χ3n) is 2.49. The zero-order valence-electron chi connectivity index (χ0n) is 8.34. The van der Waals surface area contributed by atoms with E-state index in [0.29, 0.717) is 12.1 Å². The summed E-state index contributed by atoms with van der Waals surface area (Å²) in [5.41, 5.74) is 0. The van der Waals surface area contributed by atoms with Crippen LogP contribution in [0.1, 0.15) is 13.3 Å². The first kappa shape index (κ1) is 9.96. The van der Waals surface area contributed by atoms with Gasteiger partial charge in [0.15, 0.2) is 0 Å². The zero-order valence-corrected chi connectivity index (χ0v) is 8.34. The Balaban J connectivity index is 2.07. The van der Waals surface area contributed by atoms with Crippen molar-refractivity contribution in [3.63, 3.8) is 0 Å². The van der Waals surface area contributed by atoms with E-state index in [2.05, 4.69) is 24.2 Å². The summed E-state index contributed by atoms with van der Waals surface area (Å²) in [5, 5.41) is 3.50. The summed E-state index contributed by atoms with van der Waals surface area (Å²) in [5.74, 6) is 0.